The third-order valence-electron chi connectivity index (χ3n) is 4.61. The third kappa shape index (κ3) is 2.75. The summed E-state index contributed by atoms with van der Waals surface area (Å²) >= 11 is 0. The Kier molecular flexibility index (Phi) is 3.73. The Morgan fingerprint density at radius 3 is 2.67 bits per heavy atom. The number of amides is 1. The van der Waals surface area contributed by atoms with Crippen molar-refractivity contribution in [3.63, 3.8) is 0 Å². The van der Waals surface area contributed by atoms with Crippen molar-refractivity contribution in [2.45, 2.75) is 25.4 Å². The van der Waals surface area contributed by atoms with Crippen LogP contribution < -0.4 is 4.74 Å². The number of carbonyl (C=O) groups excluding carboxylic acids is 1. The molecule has 4 rings (SSSR count). The van der Waals surface area contributed by atoms with E-state index in [1.165, 1.54) is 10.9 Å². The number of aromatic nitrogens is 1. The minimum atomic E-state index is 0.0905. The first-order chi connectivity index (χ1) is 11.8. The van der Waals surface area contributed by atoms with Crippen LogP contribution in [0.3, 0.4) is 0 Å². The SMILES string of the molecule is COc1ccc(C(=O)N(Cc2cccc3[nH]ccc23)C2CC2)cc1. The van der Waals surface area contributed by atoms with E-state index in [4.69, 9.17) is 4.74 Å². The van der Waals surface area contributed by atoms with Crippen LogP contribution in [0.15, 0.2) is 54.7 Å². The Morgan fingerprint density at radius 2 is 1.96 bits per heavy atom. The number of H-pyrrole nitrogens is 1. The number of methoxy groups -OCH3 is 1. The van der Waals surface area contributed by atoms with Gasteiger partial charge in [-0.05, 0) is 54.8 Å². The second-order valence-electron chi connectivity index (χ2n) is 6.25. The first-order valence-corrected chi connectivity index (χ1v) is 8.26. The Bertz CT molecular complexity index is 863. The maximum absolute atomic E-state index is 13.0. The quantitative estimate of drug-likeness (QED) is 0.773. The molecule has 0 aliphatic heterocycles. The van der Waals surface area contributed by atoms with E-state index in [0.717, 1.165) is 24.1 Å². The molecular formula is C20H20N2O2. The van der Waals surface area contributed by atoms with Gasteiger partial charge in [0, 0.05) is 35.2 Å². The summed E-state index contributed by atoms with van der Waals surface area (Å²) in [6, 6.07) is 16.0. The van der Waals surface area contributed by atoms with Crippen LogP contribution >= 0.6 is 0 Å². The number of carbonyl (C=O) groups is 1. The predicted molar refractivity (Wildman–Crippen MR) is 94.2 cm³/mol. The van der Waals surface area contributed by atoms with Crippen molar-refractivity contribution < 1.29 is 9.53 Å². The first-order valence-electron chi connectivity index (χ1n) is 8.26. The lowest BCUT2D eigenvalue weighted by molar-refractivity contribution is 0.0730. The fraction of sp³-hybridized carbons (Fsp3) is 0.250. The molecule has 1 aliphatic rings. The molecule has 4 heteroatoms. The van der Waals surface area contributed by atoms with Crippen LogP contribution in [-0.4, -0.2) is 28.9 Å². The second kappa shape index (κ2) is 6.04. The molecular weight excluding hydrogens is 300 g/mol. The highest BCUT2D eigenvalue weighted by atomic mass is 16.5. The van der Waals surface area contributed by atoms with Gasteiger partial charge in [0.25, 0.3) is 5.91 Å². The fourth-order valence-electron chi connectivity index (χ4n) is 3.12. The standard InChI is InChI=1S/C20H20N2O2/c1-24-17-9-5-14(6-10-17)20(23)22(16-7-8-16)13-15-3-2-4-19-18(15)11-12-21-19/h2-6,9-12,16,21H,7-8,13H2,1H3. The molecule has 3 aromatic rings. The molecule has 0 unspecified atom stereocenters. The van der Waals surface area contributed by atoms with Crippen molar-refractivity contribution >= 4 is 16.8 Å². The van der Waals surface area contributed by atoms with Gasteiger partial charge in [0.1, 0.15) is 5.75 Å². The smallest absolute Gasteiger partial charge is 0.254 e. The van der Waals surface area contributed by atoms with Crippen molar-refractivity contribution in [3.05, 3.63) is 65.9 Å². The highest BCUT2D eigenvalue weighted by Gasteiger charge is 2.33. The van der Waals surface area contributed by atoms with Gasteiger partial charge in [0.2, 0.25) is 0 Å². The number of nitrogens with one attached hydrogen (secondary N) is 1. The molecule has 4 nitrogen and oxygen atoms in total. The van der Waals surface area contributed by atoms with E-state index in [0.29, 0.717) is 18.2 Å². The number of nitrogens with zero attached hydrogens (tertiary/aromatic N) is 1. The van der Waals surface area contributed by atoms with Gasteiger partial charge in [-0.2, -0.15) is 0 Å². The molecule has 2 aromatic carbocycles. The molecule has 1 aromatic heterocycles. The average Bonchev–Trinajstić information content (AvgIpc) is 3.35. The van der Waals surface area contributed by atoms with Crippen LogP contribution in [0.1, 0.15) is 28.8 Å². The number of hydrogen-bond acceptors (Lipinski definition) is 2. The molecule has 1 fully saturated rings. The highest BCUT2D eigenvalue weighted by Crippen LogP contribution is 2.31. The van der Waals surface area contributed by atoms with Gasteiger partial charge in [-0.25, -0.2) is 0 Å². The van der Waals surface area contributed by atoms with Crippen molar-refractivity contribution in [1.29, 1.82) is 0 Å². The molecule has 0 bridgehead atoms. The summed E-state index contributed by atoms with van der Waals surface area (Å²) in [6.07, 6.45) is 4.12. The molecule has 24 heavy (non-hydrogen) atoms. The van der Waals surface area contributed by atoms with E-state index in [1.807, 2.05) is 41.4 Å². The van der Waals surface area contributed by atoms with Gasteiger partial charge in [-0.3, -0.25) is 4.79 Å². The van der Waals surface area contributed by atoms with Crippen LogP contribution in [0.25, 0.3) is 10.9 Å². The molecule has 122 valence electrons. The molecule has 0 atom stereocenters. The summed E-state index contributed by atoms with van der Waals surface area (Å²) in [5.74, 6) is 0.856. The molecule has 1 saturated carbocycles. The van der Waals surface area contributed by atoms with Crippen LogP contribution in [0.5, 0.6) is 5.75 Å². The Labute approximate surface area is 141 Å². The normalized spacial score (nSPS) is 13.9. The summed E-state index contributed by atoms with van der Waals surface area (Å²) in [6.45, 7) is 0.644. The van der Waals surface area contributed by atoms with Gasteiger partial charge >= 0.3 is 0 Å². The molecule has 1 heterocycles. The maximum atomic E-state index is 13.0. The van der Waals surface area contributed by atoms with Crippen molar-refractivity contribution in [3.8, 4) is 5.75 Å². The third-order valence-corrected chi connectivity index (χ3v) is 4.61. The number of aromatic amines is 1. The number of rotatable bonds is 5. The molecule has 0 radical (unpaired) electrons. The van der Waals surface area contributed by atoms with Crippen molar-refractivity contribution in [1.82, 2.24) is 9.88 Å². The second-order valence-corrected chi connectivity index (χ2v) is 6.25. The van der Waals surface area contributed by atoms with Crippen molar-refractivity contribution in [2.24, 2.45) is 0 Å². The van der Waals surface area contributed by atoms with Gasteiger partial charge in [0.05, 0.1) is 7.11 Å². The Balaban J connectivity index is 1.62. The zero-order valence-electron chi connectivity index (χ0n) is 13.7. The lowest BCUT2D eigenvalue weighted by Crippen LogP contribution is -2.32. The first kappa shape index (κ1) is 14.8. The van der Waals surface area contributed by atoms with E-state index in [1.54, 1.807) is 7.11 Å². The monoisotopic (exact) mass is 320 g/mol. The minimum absolute atomic E-state index is 0.0905. The number of benzene rings is 2. The number of hydrogen-bond donors (Lipinski definition) is 1. The van der Waals surface area contributed by atoms with E-state index < -0.39 is 0 Å². The van der Waals surface area contributed by atoms with Crippen LogP contribution in [0.2, 0.25) is 0 Å². The summed E-state index contributed by atoms with van der Waals surface area (Å²) in [5, 5.41) is 1.19. The summed E-state index contributed by atoms with van der Waals surface area (Å²) in [4.78, 5) is 18.2. The van der Waals surface area contributed by atoms with Gasteiger partial charge < -0.3 is 14.6 Å². The number of ether oxygens (including phenoxy) is 1. The van der Waals surface area contributed by atoms with Crippen LogP contribution in [0.4, 0.5) is 0 Å². The lowest BCUT2D eigenvalue weighted by Gasteiger charge is -2.23. The van der Waals surface area contributed by atoms with Gasteiger partial charge in [-0.15, -0.1) is 0 Å². The molecule has 0 saturated heterocycles. The Morgan fingerprint density at radius 1 is 1.17 bits per heavy atom. The van der Waals surface area contributed by atoms with Crippen molar-refractivity contribution in [2.75, 3.05) is 7.11 Å². The van der Waals surface area contributed by atoms with E-state index in [2.05, 4.69) is 23.2 Å². The van der Waals surface area contributed by atoms with Crippen LogP contribution in [-0.2, 0) is 6.54 Å². The summed E-state index contributed by atoms with van der Waals surface area (Å²) in [7, 11) is 1.63. The minimum Gasteiger partial charge on any atom is -0.497 e. The van der Waals surface area contributed by atoms with Gasteiger partial charge in [-0.1, -0.05) is 12.1 Å². The largest absolute Gasteiger partial charge is 0.497 e. The van der Waals surface area contributed by atoms with Gasteiger partial charge in [0.15, 0.2) is 0 Å². The maximum Gasteiger partial charge on any atom is 0.254 e. The molecule has 1 amide bonds. The molecule has 0 spiro atoms. The van der Waals surface area contributed by atoms with E-state index in [-0.39, 0.29) is 5.91 Å². The highest BCUT2D eigenvalue weighted by molar-refractivity contribution is 5.95. The zero-order valence-corrected chi connectivity index (χ0v) is 13.7. The predicted octanol–water partition coefficient (Wildman–Crippen LogP) is 3.98. The molecule has 1 aliphatic carbocycles. The van der Waals surface area contributed by atoms with Crippen LogP contribution in [0, 0.1) is 0 Å². The molecule has 1 N–H and O–H groups in total. The number of fused-ring (bicyclic) bond motifs is 1. The summed E-state index contributed by atoms with van der Waals surface area (Å²) in [5.41, 5.74) is 3.01. The lowest BCUT2D eigenvalue weighted by atomic mass is 10.1. The fourth-order valence-corrected chi connectivity index (χ4v) is 3.12. The summed E-state index contributed by atoms with van der Waals surface area (Å²) < 4.78 is 5.18. The van der Waals surface area contributed by atoms with E-state index >= 15 is 0 Å². The zero-order chi connectivity index (χ0) is 16.5. The van der Waals surface area contributed by atoms with E-state index in [9.17, 15) is 4.79 Å². The average molecular weight is 320 g/mol. The topological polar surface area (TPSA) is 45.3 Å². The Hall–Kier alpha value is -2.75.